The summed E-state index contributed by atoms with van der Waals surface area (Å²) in [6, 6.07) is 5.55. The molecule has 1 atom stereocenters. The van der Waals surface area contributed by atoms with Crippen molar-refractivity contribution in [2.24, 2.45) is 5.92 Å². The molecule has 0 bridgehead atoms. The second-order valence-corrected chi connectivity index (χ2v) is 8.21. The molecule has 1 saturated carbocycles. The summed E-state index contributed by atoms with van der Waals surface area (Å²) in [5.74, 6) is -0.532. The van der Waals surface area contributed by atoms with Crippen LogP contribution in [0.4, 0.5) is 10.1 Å². The molecule has 1 saturated heterocycles. The molecule has 0 aromatic heterocycles. The van der Waals surface area contributed by atoms with E-state index in [1.54, 1.807) is 24.0 Å². The van der Waals surface area contributed by atoms with Gasteiger partial charge in [-0.15, -0.1) is 0 Å². The van der Waals surface area contributed by atoms with Crippen LogP contribution in [0.2, 0.25) is 0 Å². The molecule has 1 heterocycles. The number of nitrogens with zero attached hydrogens (tertiary/aromatic N) is 2. The Balaban J connectivity index is 1.57. The first-order chi connectivity index (χ1) is 15.0. The maximum atomic E-state index is 13.2. The molecule has 1 unspecified atom stereocenters. The summed E-state index contributed by atoms with van der Waals surface area (Å²) in [4.78, 5) is 41.0. The SMILES string of the molecule is CCOC(=O)CCC(=O)N1CCN(C(C(=O)Nc2ccc(F)cc2)C2CCCC2)CC1. The molecule has 1 aromatic carbocycles. The number of anilines is 1. The summed E-state index contributed by atoms with van der Waals surface area (Å²) in [5.41, 5.74) is 0.585. The van der Waals surface area contributed by atoms with Crippen LogP contribution in [-0.4, -0.2) is 66.4 Å². The van der Waals surface area contributed by atoms with E-state index < -0.39 is 0 Å². The highest BCUT2D eigenvalue weighted by Crippen LogP contribution is 2.31. The lowest BCUT2D eigenvalue weighted by Crippen LogP contribution is -2.56. The highest BCUT2D eigenvalue weighted by atomic mass is 19.1. The Hall–Kier alpha value is -2.48. The van der Waals surface area contributed by atoms with Crippen molar-refractivity contribution in [3.63, 3.8) is 0 Å². The monoisotopic (exact) mass is 433 g/mol. The lowest BCUT2D eigenvalue weighted by molar-refractivity contribution is -0.146. The Labute approximate surface area is 182 Å². The van der Waals surface area contributed by atoms with Gasteiger partial charge in [0.1, 0.15) is 5.82 Å². The van der Waals surface area contributed by atoms with Crippen LogP contribution in [0.1, 0.15) is 45.4 Å². The minimum Gasteiger partial charge on any atom is -0.466 e. The zero-order chi connectivity index (χ0) is 22.2. The number of nitrogens with one attached hydrogen (secondary N) is 1. The molecule has 8 heteroatoms. The third-order valence-electron chi connectivity index (χ3n) is 6.14. The molecule has 7 nitrogen and oxygen atoms in total. The predicted octanol–water partition coefficient (Wildman–Crippen LogP) is 2.81. The number of hydrogen-bond donors (Lipinski definition) is 1. The third-order valence-corrected chi connectivity index (χ3v) is 6.14. The molecule has 0 spiro atoms. The average molecular weight is 434 g/mol. The molecule has 1 N–H and O–H groups in total. The van der Waals surface area contributed by atoms with Gasteiger partial charge in [0.2, 0.25) is 11.8 Å². The minimum atomic E-state index is -0.353. The molecule has 170 valence electrons. The number of esters is 1. The second-order valence-electron chi connectivity index (χ2n) is 8.21. The molecule has 1 aromatic rings. The predicted molar refractivity (Wildman–Crippen MR) is 115 cm³/mol. The summed E-state index contributed by atoms with van der Waals surface area (Å²) >= 11 is 0. The smallest absolute Gasteiger partial charge is 0.306 e. The van der Waals surface area contributed by atoms with Gasteiger partial charge >= 0.3 is 5.97 Å². The number of carbonyl (C=O) groups excluding carboxylic acids is 3. The third kappa shape index (κ3) is 6.50. The lowest BCUT2D eigenvalue weighted by atomic mass is 9.94. The molecule has 1 aliphatic heterocycles. The van der Waals surface area contributed by atoms with Crippen LogP contribution in [0.15, 0.2) is 24.3 Å². The number of hydrogen-bond acceptors (Lipinski definition) is 5. The topological polar surface area (TPSA) is 79.0 Å². The second kappa shape index (κ2) is 11.2. The normalized spacial score (nSPS) is 18.6. The van der Waals surface area contributed by atoms with Crippen molar-refractivity contribution in [1.82, 2.24) is 9.80 Å². The molecule has 2 fully saturated rings. The fourth-order valence-electron chi connectivity index (χ4n) is 4.55. The van der Waals surface area contributed by atoms with Crippen LogP contribution in [0.25, 0.3) is 0 Å². The van der Waals surface area contributed by atoms with E-state index in [4.69, 9.17) is 4.74 Å². The zero-order valence-corrected chi connectivity index (χ0v) is 18.1. The van der Waals surface area contributed by atoms with Crippen molar-refractivity contribution >= 4 is 23.5 Å². The number of carbonyl (C=O) groups is 3. The Kier molecular flexibility index (Phi) is 8.40. The van der Waals surface area contributed by atoms with Gasteiger partial charge in [0.05, 0.1) is 19.1 Å². The Morgan fingerprint density at radius 3 is 2.32 bits per heavy atom. The minimum absolute atomic E-state index is 0.0547. The first-order valence-corrected chi connectivity index (χ1v) is 11.2. The van der Waals surface area contributed by atoms with Crippen LogP contribution in [-0.2, 0) is 19.1 Å². The molecule has 0 radical (unpaired) electrons. The maximum absolute atomic E-state index is 13.2. The van der Waals surface area contributed by atoms with Gasteiger partial charge in [-0.25, -0.2) is 4.39 Å². The highest BCUT2D eigenvalue weighted by molar-refractivity contribution is 5.95. The number of ether oxygens (including phenoxy) is 1. The van der Waals surface area contributed by atoms with Crippen molar-refractivity contribution in [1.29, 1.82) is 0 Å². The molecule has 2 amide bonds. The first-order valence-electron chi connectivity index (χ1n) is 11.2. The Bertz CT molecular complexity index is 757. The first kappa shape index (κ1) is 23.2. The number of benzene rings is 1. The van der Waals surface area contributed by atoms with Crippen LogP contribution in [0.5, 0.6) is 0 Å². The molecule has 31 heavy (non-hydrogen) atoms. The number of piperazine rings is 1. The Morgan fingerprint density at radius 1 is 1.06 bits per heavy atom. The number of rotatable bonds is 8. The number of amides is 2. The maximum Gasteiger partial charge on any atom is 0.306 e. The van der Waals surface area contributed by atoms with Gasteiger partial charge in [-0.2, -0.15) is 0 Å². The van der Waals surface area contributed by atoms with Gasteiger partial charge in [-0.05, 0) is 49.9 Å². The largest absolute Gasteiger partial charge is 0.466 e. The quantitative estimate of drug-likeness (QED) is 0.638. The molecule has 3 rings (SSSR count). The van der Waals surface area contributed by atoms with E-state index in [0.29, 0.717) is 38.5 Å². The Morgan fingerprint density at radius 2 is 1.71 bits per heavy atom. The lowest BCUT2D eigenvalue weighted by Gasteiger charge is -2.40. The number of halogens is 1. The van der Waals surface area contributed by atoms with E-state index in [1.807, 2.05) is 0 Å². The van der Waals surface area contributed by atoms with Gasteiger partial charge in [-0.1, -0.05) is 12.8 Å². The van der Waals surface area contributed by atoms with Gasteiger partial charge < -0.3 is 15.0 Å². The van der Waals surface area contributed by atoms with Crippen molar-refractivity contribution < 1.29 is 23.5 Å². The summed E-state index contributed by atoms with van der Waals surface area (Å²) in [5, 5.41) is 2.94. The van der Waals surface area contributed by atoms with E-state index in [0.717, 1.165) is 25.7 Å². The van der Waals surface area contributed by atoms with Gasteiger partial charge in [0, 0.05) is 38.3 Å². The summed E-state index contributed by atoms with van der Waals surface area (Å²) in [6.07, 6.45) is 4.52. The highest BCUT2D eigenvalue weighted by Gasteiger charge is 2.37. The van der Waals surface area contributed by atoms with Crippen molar-refractivity contribution in [2.45, 2.75) is 51.5 Å². The molecule has 2 aliphatic rings. The fraction of sp³-hybridized carbons (Fsp3) is 0.609. The van der Waals surface area contributed by atoms with Crippen molar-refractivity contribution in [3.8, 4) is 0 Å². The van der Waals surface area contributed by atoms with Crippen LogP contribution in [0.3, 0.4) is 0 Å². The average Bonchev–Trinajstić information content (AvgIpc) is 3.29. The summed E-state index contributed by atoms with van der Waals surface area (Å²) < 4.78 is 18.1. The van der Waals surface area contributed by atoms with E-state index in [-0.39, 0.29) is 48.4 Å². The van der Waals surface area contributed by atoms with Crippen LogP contribution in [0, 0.1) is 11.7 Å². The van der Waals surface area contributed by atoms with Gasteiger partial charge in [0.15, 0.2) is 0 Å². The van der Waals surface area contributed by atoms with E-state index in [9.17, 15) is 18.8 Å². The fourth-order valence-corrected chi connectivity index (χ4v) is 4.55. The van der Waals surface area contributed by atoms with Crippen LogP contribution >= 0.6 is 0 Å². The molecule has 1 aliphatic carbocycles. The van der Waals surface area contributed by atoms with E-state index >= 15 is 0 Å². The van der Waals surface area contributed by atoms with Crippen molar-refractivity contribution in [3.05, 3.63) is 30.1 Å². The summed E-state index contributed by atoms with van der Waals surface area (Å²) in [7, 11) is 0. The van der Waals surface area contributed by atoms with Crippen LogP contribution < -0.4 is 5.32 Å². The van der Waals surface area contributed by atoms with Crippen molar-refractivity contribution in [2.75, 3.05) is 38.1 Å². The molecular formula is C23H32FN3O4. The van der Waals surface area contributed by atoms with Gasteiger partial charge in [0.25, 0.3) is 0 Å². The zero-order valence-electron chi connectivity index (χ0n) is 18.1. The van der Waals surface area contributed by atoms with E-state index in [1.165, 1.54) is 12.1 Å². The molecular weight excluding hydrogens is 401 g/mol. The van der Waals surface area contributed by atoms with E-state index in [2.05, 4.69) is 10.2 Å². The standard InChI is InChI=1S/C23H32FN3O4/c1-2-31-21(29)12-11-20(28)26-13-15-27(16-14-26)22(17-5-3-4-6-17)23(30)25-19-9-7-18(24)8-10-19/h7-10,17,22H,2-6,11-16H2,1H3,(H,25,30). The van der Waals surface area contributed by atoms with Gasteiger partial charge in [-0.3, -0.25) is 19.3 Å². The summed E-state index contributed by atoms with van der Waals surface area (Å²) in [6.45, 7) is 4.36.